The lowest BCUT2D eigenvalue weighted by Gasteiger charge is -2.41. The van der Waals surface area contributed by atoms with Crippen LogP contribution >= 0.6 is 23.2 Å². The summed E-state index contributed by atoms with van der Waals surface area (Å²) < 4.78 is 5.95. The Labute approximate surface area is 287 Å². The Bertz CT molecular complexity index is 1350. The fourth-order valence-corrected chi connectivity index (χ4v) is 7.49. The molecule has 3 N–H and O–H groups in total. The molecule has 47 heavy (non-hydrogen) atoms. The Morgan fingerprint density at radius 1 is 1.02 bits per heavy atom. The molecule has 11 nitrogen and oxygen atoms in total. The number of likely N-dealkylation sites (tertiary alicyclic amines) is 2. The molecule has 5 rings (SSSR count). The van der Waals surface area contributed by atoms with Crippen LogP contribution in [0.1, 0.15) is 36.8 Å². The number of piperazine rings is 1. The van der Waals surface area contributed by atoms with Gasteiger partial charge in [0.25, 0.3) is 5.91 Å². The molecular weight excluding hydrogens is 643 g/mol. The number of para-hydroxylation sites is 1. The van der Waals surface area contributed by atoms with Gasteiger partial charge in [-0.05, 0) is 61.4 Å². The van der Waals surface area contributed by atoms with E-state index in [1.165, 1.54) is 0 Å². The first-order valence-corrected chi connectivity index (χ1v) is 17.4. The minimum atomic E-state index is -1.08. The number of hydrogen-bond acceptors (Lipinski definition) is 8. The van der Waals surface area contributed by atoms with Crippen molar-refractivity contribution in [3.8, 4) is 5.75 Å². The van der Waals surface area contributed by atoms with Crippen LogP contribution in [0.4, 0.5) is 10.5 Å². The van der Waals surface area contributed by atoms with Crippen LogP contribution in [-0.4, -0.2) is 127 Å². The van der Waals surface area contributed by atoms with Crippen molar-refractivity contribution in [2.75, 3.05) is 71.3 Å². The smallest absolute Gasteiger partial charge is 0.410 e. The van der Waals surface area contributed by atoms with Crippen molar-refractivity contribution >= 4 is 47.3 Å². The summed E-state index contributed by atoms with van der Waals surface area (Å²) in [7, 11) is 1.88. The third-order valence-corrected chi connectivity index (χ3v) is 10.3. The number of anilines is 1. The van der Waals surface area contributed by atoms with Crippen molar-refractivity contribution in [3.05, 3.63) is 57.6 Å². The second-order valence-electron chi connectivity index (χ2n) is 12.5. The molecule has 256 valence electrons. The number of hydrogen-bond donors (Lipinski definition) is 3. The van der Waals surface area contributed by atoms with Crippen LogP contribution in [0.5, 0.6) is 5.75 Å². The first-order chi connectivity index (χ1) is 22.8. The molecule has 0 saturated carbocycles. The summed E-state index contributed by atoms with van der Waals surface area (Å²) >= 11 is 12.4. The average molecular weight is 690 g/mol. The van der Waals surface area contributed by atoms with Crippen molar-refractivity contribution < 1.29 is 24.2 Å². The molecule has 0 aromatic heterocycles. The predicted molar refractivity (Wildman–Crippen MR) is 183 cm³/mol. The molecule has 3 aliphatic heterocycles. The van der Waals surface area contributed by atoms with Gasteiger partial charge in [0.2, 0.25) is 6.41 Å². The van der Waals surface area contributed by atoms with Gasteiger partial charge in [-0.15, -0.1) is 0 Å². The van der Waals surface area contributed by atoms with Gasteiger partial charge in [-0.25, -0.2) is 4.79 Å². The number of nitrogens with zero attached hydrogens (tertiary/aromatic N) is 4. The lowest BCUT2D eigenvalue weighted by atomic mass is 10.0. The van der Waals surface area contributed by atoms with E-state index in [2.05, 4.69) is 21.6 Å². The maximum absolute atomic E-state index is 13.9. The zero-order valence-corrected chi connectivity index (χ0v) is 28.5. The first kappa shape index (κ1) is 35.1. The van der Waals surface area contributed by atoms with Crippen molar-refractivity contribution in [2.24, 2.45) is 0 Å². The van der Waals surface area contributed by atoms with Crippen LogP contribution in [0.3, 0.4) is 0 Å². The maximum atomic E-state index is 13.9. The highest BCUT2D eigenvalue weighted by molar-refractivity contribution is 6.37. The molecule has 3 saturated heterocycles. The Morgan fingerprint density at radius 2 is 1.66 bits per heavy atom. The summed E-state index contributed by atoms with van der Waals surface area (Å²) in [5.74, 6) is -0.480. The monoisotopic (exact) mass is 688 g/mol. The van der Waals surface area contributed by atoms with Crippen molar-refractivity contribution in [1.82, 2.24) is 24.9 Å². The van der Waals surface area contributed by atoms with Gasteiger partial charge in [-0.1, -0.05) is 41.4 Å². The lowest BCUT2D eigenvalue weighted by Crippen LogP contribution is -2.54. The summed E-state index contributed by atoms with van der Waals surface area (Å²) in [4.78, 5) is 47.2. The molecule has 3 heterocycles. The molecule has 13 heteroatoms. The van der Waals surface area contributed by atoms with E-state index in [-0.39, 0.29) is 34.2 Å². The number of phenols is 1. The summed E-state index contributed by atoms with van der Waals surface area (Å²) in [5, 5.41) is 16.8. The van der Waals surface area contributed by atoms with Gasteiger partial charge < -0.3 is 35.2 Å². The summed E-state index contributed by atoms with van der Waals surface area (Å²) in [6.07, 6.45) is 3.01. The van der Waals surface area contributed by atoms with Crippen LogP contribution in [0.15, 0.2) is 36.4 Å². The number of piperidine rings is 2. The molecule has 2 aromatic carbocycles. The van der Waals surface area contributed by atoms with E-state index in [1.54, 1.807) is 21.9 Å². The van der Waals surface area contributed by atoms with Crippen LogP contribution in [0, 0.1) is 0 Å². The van der Waals surface area contributed by atoms with Crippen LogP contribution in [0.25, 0.3) is 0 Å². The predicted octanol–water partition coefficient (Wildman–Crippen LogP) is 3.85. The third-order valence-electron chi connectivity index (χ3n) is 9.71. The highest BCUT2D eigenvalue weighted by Crippen LogP contribution is 2.33. The fraction of sp³-hybridized carbons (Fsp3) is 0.559. The van der Waals surface area contributed by atoms with Gasteiger partial charge in [0, 0.05) is 90.1 Å². The molecule has 3 amide bonds. The van der Waals surface area contributed by atoms with Gasteiger partial charge in [0.05, 0.1) is 10.0 Å². The van der Waals surface area contributed by atoms with Gasteiger partial charge in [0.15, 0.2) is 11.9 Å². The van der Waals surface area contributed by atoms with E-state index < -0.39 is 12.2 Å². The van der Waals surface area contributed by atoms with E-state index in [9.17, 15) is 19.5 Å². The zero-order valence-electron chi connectivity index (χ0n) is 27.0. The Hall–Kier alpha value is -3.25. The number of carbonyl (C=O) groups excluding carboxylic acids is 3. The highest BCUT2D eigenvalue weighted by Gasteiger charge is 2.35. The SMILES string of the molecule is CNc1ccccc1CCN(C=O)C1CCN(C(=O)O[C@H](Cc2cc(Cl)c(O)c(Cl)c2)C(=O)N2CCC(N3CCNCC3)CC2)CC1. The number of amides is 3. The summed E-state index contributed by atoms with van der Waals surface area (Å²) in [6, 6.07) is 11.6. The van der Waals surface area contributed by atoms with Crippen molar-refractivity contribution in [1.29, 1.82) is 0 Å². The van der Waals surface area contributed by atoms with Crippen LogP contribution < -0.4 is 10.6 Å². The molecule has 0 bridgehead atoms. The van der Waals surface area contributed by atoms with Crippen molar-refractivity contribution in [2.45, 2.75) is 56.7 Å². The van der Waals surface area contributed by atoms with Gasteiger partial charge in [0.1, 0.15) is 0 Å². The standard InChI is InChI=1S/C34H46Cl2N6O5/c1-37-30-5-3-2-4-25(30)6-13-42(23-43)27-9-16-41(17-10-27)34(46)47-31(22-24-20-28(35)32(44)29(36)21-24)33(45)40-14-7-26(8-15-40)39-18-11-38-12-19-39/h2-5,20-21,23,26-27,31,37-38,44H,6-19,22H2,1H3/t31-/m1/s1. The van der Waals surface area contributed by atoms with E-state index in [0.717, 1.165) is 63.1 Å². The molecule has 0 unspecified atom stereocenters. The number of ether oxygens (including phenoxy) is 1. The number of carbonyl (C=O) groups is 3. The Morgan fingerprint density at radius 3 is 2.30 bits per heavy atom. The van der Waals surface area contributed by atoms with Crippen LogP contribution in [-0.2, 0) is 27.2 Å². The number of nitrogens with one attached hydrogen (secondary N) is 2. The largest absolute Gasteiger partial charge is 0.505 e. The minimum absolute atomic E-state index is 0.00832. The Balaban J connectivity index is 1.20. The fourth-order valence-electron chi connectivity index (χ4n) is 6.96. The van der Waals surface area contributed by atoms with Gasteiger partial charge in [-0.2, -0.15) is 0 Å². The van der Waals surface area contributed by atoms with E-state index in [1.807, 2.05) is 30.1 Å². The number of halogens is 2. The first-order valence-electron chi connectivity index (χ1n) is 16.6. The third kappa shape index (κ3) is 9.01. The number of benzene rings is 2. The molecular formula is C34H46Cl2N6O5. The normalized spacial score (nSPS) is 18.9. The number of rotatable bonds is 11. The van der Waals surface area contributed by atoms with Gasteiger partial charge in [-0.3, -0.25) is 14.5 Å². The van der Waals surface area contributed by atoms with E-state index >= 15 is 0 Å². The number of phenolic OH excluding ortho intramolecular Hbond substituents is 1. The second kappa shape index (κ2) is 16.7. The summed E-state index contributed by atoms with van der Waals surface area (Å²) in [5.41, 5.74) is 2.77. The average Bonchev–Trinajstić information content (AvgIpc) is 3.11. The zero-order chi connectivity index (χ0) is 33.3. The quantitative estimate of drug-likeness (QED) is 0.305. The van der Waals surface area contributed by atoms with E-state index in [0.29, 0.717) is 57.2 Å². The molecule has 2 aromatic rings. The van der Waals surface area contributed by atoms with Gasteiger partial charge >= 0.3 is 6.09 Å². The maximum Gasteiger partial charge on any atom is 0.410 e. The number of aromatic hydroxyl groups is 1. The molecule has 0 spiro atoms. The molecule has 0 radical (unpaired) electrons. The minimum Gasteiger partial charge on any atom is -0.505 e. The molecule has 3 aliphatic rings. The second-order valence-corrected chi connectivity index (χ2v) is 13.4. The highest BCUT2D eigenvalue weighted by atomic mass is 35.5. The molecule has 0 aliphatic carbocycles. The van der Waals surface area contributed by atoms with Crippen LogP contribution in [0.2, 0.25) is 10.0 Å². The lowest BCUT2D eigenvalue weighted by molar-refractivity contribution is -0.142. The van der Waals surface area contributed by atoms with Crippen molar-refractivity contribution in [3.63, 3.8) is 0 Å². The molecule has 1 atom stereocenters. The van der Waals surface area contributed by atoms with E-state index in [4.69, 9.17) is 27.9 Å². The summed E-state index contributed by atoms with van der Waals surface area (Å²) in [6.45, 7) is 6.55. The topological polar surface area (TPSA) is 118 Å². The molecule has 3 fully saturated rings. The Kier molecular flexibility index (Phi) is 12.5.